The van der Waals surface area contributed by atoms with E-state index in [2.05, 4.69) is 9.97 Å². The molecule has 0 fully saturated rings. The summed E-state index contributed by atoms with van der Waals surface area (Å²) in [6.45, 7) is 4.14. The van der Waals surface area contributed by atoms with Gasteiger partial charge in [-0.05, 0) is 6.07 Å². The molecule has 0 unspecified atom stereocenters. The number of halogens is 1. The van der Waals surface area contributed by atoms with Crippen LogP contribution in [-0.2, 0) is 13.2 Å². The van der Waals surface area contributed by atoms with E-state index in [1.54, 1.807) is 6.20 Å². The number of ether oxygens (including phenoxy) is 1. The molecule has 2 rings (SSSR count). The normalized spacial score (nSPS) is 10.8. The van der Waals surface area contributed by atoms with Crippen molar-refractivity contribution < 1.29 is 9.84 Å². The van der Waals surface area contributed by atoms with Crippen LogP contribution in [0.25, 0.3) is 0 Å². The molecule has 4 nitrogen and oxygen atoms in total. The van der Waals surface area contributed by atoms with E-state index >= 15 is 0 Å². The maximum absolute atomic E-state index is 9.38. The van der Waals surface area contributed by atoms with Crippen LogP contribution < -0.4 is 4.74 Å². The number of aliphatic hydroxyl groups excluding tert-OH is 1. The molecule has 0 bridgehead atoms. The van der Waals surface area contributed by atoms with Crippen molar-refractivity contribution in [3.05, 3.63) is 52.6 Å². The number of nitrogens with zero attached hydrogens (tertiary/aromatic N) is 2. The van der Waals surface area contributed by atoms with Crippen molar-refractivity contribution in [3.63, 3.8) is 0 Å². The Bertz CT molecular complexity index is 588. The second-order valence-corrected chi connectivity index (χ2v) is 5.14. The lowest BCUT2D eigenvalue weighted by Crippen LogP contribution is -2.06. The summed E-state index contributed by atoms with van der Waals surface area (Å²) in [7, 11) is 0. The van der Waals surface area contributed by atoms with Gasteiger partial charge in [-0.2, -0.15) is 0 Å². The number of hydrogen-bond acceptors (Lipinski definition) is 4. The van der Waals surface area contributed by atoms with Crippen molar-refractivity contribution >= 4 is 11.6 Å². The van der Waals surface area contributed by atoms with Gasteiger partial charge in [-0.3, -0.25) is 0 Å². The van der Waals surface area contributed by atoms with E-state index in [0.717, 1.165) is 5.56 Å². The van der Waals surface area contributed by atoms with E-state index in [0.29, 0.717) is 28.9 Å². The monoisotopic (exact) mass is 292 g/mol. The molecule has 1 aromatic heterocycles. The number of aliphatic hydroxyl groups is 1. The van der Waals surface area contributed by atoms with Gasteiger partial charge in [0.1, 0.15) is 18.1 Å². The molecule has 0 aliphatic carbocycles. The molecule has 1 heterocycles. The molecule has 0 atom stereocenters. The van der Waals surface area contributed by atoms with Crippen LogP contribution in [0, 0.1) is 0 Å². The Labute approximate surface area is 123 Å². The van der Waals surface area contributed by atoms with Crippen LogP contribution in [0.15, 0.2) is 30.5 Å². The number of benzene rings is 1. The molecule has 0 saturated heterocycles. The molecule has 1 N–H and O–H groups in total. The molecular weight excluding hydrogens is 276 g/mol. The minimum Gasteiger partial charge on any atom is -0.485 e. The fourth-order valence-corrected chi connectivity index (χ4v) is 1.89. The zero-order chi connectivity index (χ0) is 14.5. The largest absolute Gasteiger partial charge is 0.485 e. The highest BCUT2D eigenvalue weighted by atomic mass is 35.5. The first-order valence-electron chi connectivity index (χ1n) is 6.44. The van der Waals surface area contributed by atoms with E-state index in [9.17, 15) is 5.11 Å². The molecule has 0 spiro atoms. The molecular formula is C15H17ClN2O2. The van der Waals surface area contributed by atoms with Crippen LogP contribution in [0.1, 0.15) is 36.8 Å². The van der Waals surface area contributed by atoms with Gasteiger partial charge in [0.15, 0.2) is 5.75 Å². The fourth-order valence-electron chi connectivity index (χ4n) is 1.70. The Morgan fingerprint density at radius 1 is 1.30 bits per heavy atom. The Morgan fingerprint density at radius 3 is 2.70 bits per heavy atom. The maximum Gasteiger partial charge on any atom is 0.162 e. The highest BCUT2D eigenvalue weighted by Gasteiger charge is 2.10. The average molecular weight is 293 g/mol. The Hall–Kier alpha value is -1.65. The van der Waals surface area contributed by atoms with Gasteiger partial charge >= 0.3 is 0 Å². The van der Waals surface area contributed by atoms with E-state index in [-0.39, 0.29) is 12.5 Å². The summed E-state index contributed by atoms with van der Waals surface area (Å²) in [5, 5.41) is 10.0. The molecule has 0 amide bonds. The lowest BCUT2D eigenvalue weighted by atomic mass is 10.2. The van der Waals surface area contributed by atoms with Crippen LogP contribution >= 0.6 is 11.6 Å². The first-order chi connectivity index (χ1) is 9.61. The van der Waals surface area contributed by atoms with E-state index in [1.807, 2.05) is 38.1 Å². The lowest BCUT2D eigenvalue weighted by Gasteiger charge is -2.12. The summed E-state index contributed by atoms with van der Waals surface area (Å²) >= 11 is 6.07. The van der Waals surface area contributed by atoms with Crippen molar-refractivity contribution in [1.29, 1.82) is 0 Å². The van der Waals surface area contributed by atoms with Crippen molar-refractivity contribution in [2.24, 2.45) is 0 Å². The first kappa shape index (κ1) is 14.8. The highest BCUT2D eigenvalue weighted by Crippen LogP contribution is 2.21. The number of aromatic nitrogens is 2. The minimum absolute atomic E-state index is 0.180. The predicted octanol–water partition coefficient (Wildman–Crippen LogP) is 3.32. The third-order valence-corrected chi connectivity index (χ3v) is 3.22. The summed E-state index contributed by atoms with van der Waals surface area (Å²) in [4.78, 5) is 8.55. The van der Waals surface area contributed by atoms with E-state index in [4.69, 9.17) is 16.3 Å². The fraction of sp³-hybridized carbons (Fsp3) is 0.333. The van der Waals surface area contributed by atoms with Crippen molar-refractivity contribution in [2.75, 3.05) is 0 Å². The van der Waals surface area contributed by atoms with Crippen molar-refractivity contribution in [2.45, 2.75) is 33.0 Å². The van der Waals surface area contributed by atoms with Gasteiger partial charge in [0, 0.05) is 16.5 Å². The Balaban J connectivity index is 2.15. The lowest BCUT2D eigenvalue weighted by molar-refractivity contribution is 0.251. The summed E-state index contributed by atoms with van der Waals surface area (Å²) in [6, 6.07) is 7.47. The third kappa shape index (κ3) is 3.46. The molecule has 5 heteroatoms. The van der Waals surface area contributed by atoms with Crippen molar-refractivity contribution in [3.8, 4) is 5.75 Å². The predicted molar refractivity (Wildman–Crippen MR) is 77.8 cm³/mol. The summed E-state index contributed by atoms with van der Waals surface area (Å²) in [5.74, 6) is 1.38. The molecule has 20 heavy (non-hydrogen) atoms. The van der Waals surface area contributed by atoms with E-state index in [1.165, 1.54) is 0 Å². The first-order valence-corrected chi connectivity index (χ1v) is 6.82. The topological polar surface area (TPSA) is 55.2 Å². The zero-order valence-electron chi connectivity index (χ0n) is 11.5. The standard InChI is InChI=1S/C15H17ClN2O2/c1-10(2)15-17-7-14(13(8-19)18-15)20-9-11-5-3-4-6-12(11)16/h3-7,10,19H,8-9H2,1-2H3. The second kappa shape index (κ2) is 6.68. The Morgan fingerprint density at radius 2 is 2.05 bits per heavy atom. The highest BCUT2D eigenvalue weighted by molar-refractivity contribution is 6.31. The Kier molecular flexibility index (Phi) is 4.93. The molecule has 1 aromatic carbocycles. The SMILES string of the molecule is CC(C)c1ncc(OCc2ccccc2Cl)c(CO)n1. The van der Waals surface area contributed by atoms with Crippen LogP contribution in [0.3, 0.4) is 0 Å². The maximum atomic E-state index is 9.38. The van der Waals surface area contributed by atoms with Crippen LogP contribution in [0.5, 0.6) is 5.75 Å². The van der Waals surface area contributed by atoms with Gasteiger partial charge in [0.05, 0.1) is 12.8 Å². The third-order valence-electron chi connectivity index (χ3n) is 2.86. The van der Waals surface area contributed by atoms with E-state index < -0.39 is 0 Å². The molecule has 0 radical (unpaired) electrons. The van der Waals surface area contributed by atoms with Gasteiger partial charge in [-0.1, -0.05) is 43.6 Å². The smallest absolute Gasteiger partial charge is 0.162 e. The average Bonchev–Trinajstić information content (AvgIpc) is 2.46. The number of hydrogen-bond donors (Lipinski definition) is 1. The summed E-state index contributed by atoms with van der Waals surface area (Å²) < 4.78 is 5.66. The quantitative estimate of drug-likeness (QED) is 0.918. The minimum atomic E-state index is -0.180. The number of rotatable bonds is 5. The van der Waals surface area contributed by atoms with Crippen LogP contribution in [-0.4, -0.2) is 15.1 Å². The second-order valence-electron chi connectivity index (χ2n) is 4.73. The molecule has 106 valence electrons. The van der Waals surface area contributed by atoms with Gasteiger partial charge in [-0.25, -0.2) is 9.97 Å². The van der Waals surface area contributed by atoms with Gasteiger partial charge in [0.2, 0.25) is 0 Å². The summed E-state index contributed by atoms with van der Waals surface area (Å²) in [5.41, 5.74) is 1.38. The zero-order valence-corrected chi connectivity index (χ0v) is 12.3. The van der Waals surface area contributed by atoms with Crippen LogP contribution in [0.2, 0.25) is 5.02 Å². The van der Waals surface area contributed by atoms with Crippen molar-refractivity contribution in [1.82, 2.24) is 9.97 Å². The van der Waals surface area contributed by atoms with Crippen LogP contribution in [0.4, 0.5) is 0 Å². The van der Waals surface area contributed by atoms with Gasteiger partial charge < -0.3 is 9.84 Å². The molecule has 0 aliphatic heterocycles. The van der Waals surface area contributed by atoms with Gasteiger partial charge in [-0.15, -0.1) is 0 Å². The summed E-state index contributed by atoms with van der Waals surface area (Å²) in [6.07, 6.45) is 1.60. The molecule has 2 aromatic rings. The molecule has 0 saturated carbocycles. The molecule has 0 aliphatic rings. The van der Waals surface area contributed by atoms with Gasteiger partial charge in [0.25, 0.3) is 0 Å².